The third kappa shape index (κ3) is 10.6. The van der Waals surface area contributed by atoms with Crippen LogP contribution in [0.3, 0.4) is 0 Å². The Morgan fingerprint density at radius 2 is 0.655 bits per heavy atom. The van der Waals surface area contributed by atoms with E-state index in [0.29, 0.717) is 67.0 Å². The molecule has 0 N–H and O–H groups in total. The molecule has 7 aliphatic heterocycles. The SMILES string of the molecule is CC(C)C[Si]12O[Si]3(CC(C)C)O[Si]4(CC(C)C)O[Si](CC(C)C)(O1)O[Si]1(CC(C)C)O[Si](CC(C)C)(O2)O[Si](CC(C)C)(O3)O[Si](OCC[C@@H]2CC[C@H]3O[C@H]3C2)(O4)O1. The zero-order chi connectivity index (χ0) is 42.2. The molecule has 0 aromatic rings. The lowest BCUT2D eigenvalue weighted by Crippen LogP contribution is -2.89. The Bertz CT molecular complexity index is 1290. The molecule has 0 radical (unpaired) electrons. The number of epoxide rings is 1. The Morgan fingerprint density at radius 1 is 0.379 bits per heavy atom. The molecule has 7 heterocycles. The van der Waals surface area contributed by atoms with Gasteiger partial charge >= 0.3 is 70.7 Å². The van der Waals surface area contributed by atoms with Crippen molar-refractivity contribution in [3.05, 3.63) is 0 Å². The summed E-state index contributed by atoms with van der Waals surface area (Å²) in [5.41, 5.74) is 0. The van der Waals surface area contributed by atoms with Crippen molar-refractivity contribution in [2.45, 2.75) is 177 Å². The second kappa shape index (κ2) is 17.2. The molecule has 22 heteroatoms. The van der Waals surface area contributed by atoms with Gasteiger partial charge in [-0.25, -0.2) is 0 Å². The lowest BCUT2D eigenvalue weighted by molar-refractivity contribution is -0.0628. The topological polar surface area (TPSA) is 133 Å². The molecule has 0 amide bonds. The summed E-state index contributed by atoms with van der Waals surface area (Å²) in [6, 6.07) is 3.21. The first-order chi connectivity index (χ1) is 26.9. The van der Waals surface area contributed by atoms with Crippen LogP contribution in [-0.4, -0.2) is 89.5 Å². The van der Waals surface area contributed by atoms with Crippen LogP contribution in [0.2, 0.25) is 42.3 Å². The number of rotatable bonds is 18. The Hall–Kier alpha value is 1.18. The van der Waals surface area contributed by atoms with Gasteiger partial charge in [0.2, 0.25) is 0 Å². The van der Waals surface area contributed by atoms with Crippen molar-refractivity contribution in [1.82, 2.24) is 0 Å². The minimum Gasteiger partial charge on any atom is -0.373 e. The van der Waals surface area contributed by atoms with Gasteiger partial charge in [0.15, 0.2) is 0 Å². The molecule has 8 bridgehead atoms. The fourth-order valence-electron chi connectivity index (χ4n) is 9.77. The molecular weight excluding hydrogens is 881 g/mol. The highest BCUT2D eigenvalue weighted by atomic mass is 28.6. The molecule has 8 rings (SSSR count). The van der Waals surface area contributed by atoms with Gasteiger partial charge in [0, 0.05) is 48.9 Å². The van der Waals surface area contributed by atoms with Crippen molar-refractivity contribution in [1.29, 1.82) is 0 Å². The highest BCUT2D eigenvalue weighted by Crippen LogP contribution is 2.55. The summed E-state index contributed by atoms with van der Waals surface area (Å²) in [5, 5.41) is 0. The molecule has 336 valence electrons. The van der Waals surface area contributed by atoms with E-state index in [9.17, 15) is 0 Å². The van der Waals surface area contributed by atoms with Crippen molar-refractivity contribution < 1.29 is 58.5 Å². The molecule has 7 saturated heterocycles. The summed E-state index contributed by atoms with van der Waals surface area (Å²) in [7, 11) is -32.2. The molecule has 3 atom stereocenters. The molecule has 14 nitrogen and oxygen atoms in total. The molecule has 0 spiro atoms. The summed E-state index contributed by atoms with van der Waals surface area (Å²) in [5.74, 6) is 1.19. The van der Waals surface area contributed by atoms with Gasteiger partial charge in [-0.05, 0) is 73.0 Å². The van der Waals surface area contributed by atoms with Crippen LogP contribution < -0.4 is 0 Å². The highest BCUT2D eigenvalue weighted by Gasteiger charge is 2.84. The van der Waals surface area contributed by atoms with E-state index in [1.54, 1.807) is 0 Å². The summed E-state index contributed by atoms with van der Waals surface area (Å²) in [6.45, 7) is 30.6. The Kier molecular flexibility index (Phi) is 14.0. The third-order valence-electron chi connectivity index (χ3n) is 11.2. The van der Waals surface area contributed by atoms with Crippen LogP contribution >= 0.6 is 0 Å². The first-order valence-electron chi connectivity index (χ1n) is 22.7. The van der Waals surface area contributed by atoms with E-state index in [2.05, 4.69) is 96.9 Å². The Balaban J connectivity index is 1.50. The van der Waals surface area contributed by atoms with E-state index in [1.807, 2.05) is 0 Å². The van der Waals surface area contributed by atoms with E-state index < -0.39 is 70.7 Å². The summed E-state index contributed by atoms with van der Waals surface area (Å²) < 4.78 is 106. The van der Waals surface area contributed by atoms with Crippen LogP contribution in [0.1, 0.15) is 123 Å². The summed E-state index contributed by atoms with van der Waals surface area (Å²) in [4.78, 5) is 0. The fraction of sp³-hybridized carbons (Fsp3) is 1.00. The monoisotopic (exact) mass is 956 g/mol. The fourth-order valence-corrected chi connectivity index (χ4v) is 59.5. The quantitative estimate of drug-likeness (QED) is 0.0958. The van der Waals surface area contributed by atoms with Crippen LogP contribution in [0.5, 0.6) is 0 Å². The van der Waals surface area contributed by atoms with Crippen molar-refractivity contribution in [2.24, 2.45) is 47.3 Å². The van der Waals surface area contributed by atoms with Crippen molar-refractivity contribution >= 4 is 70.7 Å². The number of fused-ring (bicyclic) bond motifs is 1. The number of hydrogen-bond acceptors (Lipinski definition) is 14. The molecule has 1 aliphatic carbocycles. The van der Waals surface area contributed by atoms with Gasteiger partial charge in [0.05, 0.1) is 12.2 Å². The minimum absolute atomic E-state index is 0.0885. The van der Waals surface area contributed by atoms with Gasteiger partial charge in [-0.2, -0.15) is 0 Å². The lowest BCUT2D eigenvalue weighted by atomic mass is 9.87. The van der Waals surface area contributed by atoms with E-state index in [0.717, 1.165) is 25.7 Å². The maximum atomic E-state index is 7.79. The molecular formula is C36H76O14Si8. The van der Waals surface area contributed by atoms with E-state index >= 15 is 0 Å². The van der Waals surface area contributed by atoms with Gasteiger partial charge in [-0.3, -0.25) is 0 Å². The number of hydrogen-bond donors (Lipinski definition) is 0. The zero-order valence-electron chi connectivity index (χ0n) is 38.0. The maximum absolute atomic E-state index is 7.79. The van der Waals surface area contributed by atoms with Gasteiger partial charge in [0.1, 0.15) is 0 Å². The number of ether oxygens (including phenoxy) is 1. The van der Waals surface area contributed by atoms with Gasteiger partial charge in [0.25, 0.3) is 0 Å². The third-order valence-corrected chi connectivity index (χ3v) is 50.1. The summed E-state index contributed by atoms with van der Waals surface area (Å²) in [6.07, 6.45) is 4.80. The normalized spacial score (nSPS) is 44.7. The standard InChI is InChI=1S/C36H76O14Si8/c1-27(2)20-51-39-52(21-28(3)4)42-55(24-31(9)10)44-53(40-51,22-29(5)6)46-57(26-33(13)14)47-54(41-51,23-30(7)8)45-56(43-52,25-32(11)12)49-58(48-55,50-57)37-18-17-34-15-16-35-36(19-34)38-35/h27-36H,15-26H2,1-14H3/t34-,35+,36-,51?,52?,53?,54?,55?,56?,57?,58?/m0/s1. The minimum atomic E-state index is -4.41. The maximum Gasteiger partial charge on any atom is 0.657 e. The first kappa shape index (κ1) is 47.1. The zero-order valence-corrected chi connectivity index (χ0v) is 46.0. The average Bonchev–Trinajstić information content (AvgIpc) is 3.73. The summed E-state index contributed by atoms with van der Waals surface area (Å²) >= 11 is 0. The van der Waals surface area contributed by atoms with E-state index in [1.165, 1.54) is 0 Å². The van der Waals surface area contributed by atoms with Gasteiger partial charge in [-0.15, -0.1) is 0 Å². The van der Waals surface area contributed by atoms with Crippen molar-refractivity contribution in [2.75, 3.05) is 6.61 Å². The van der Waals surface area contributed by atoms with Crippen LogP contribution in [0.15, 0.2) is 0 Å². The van der Waals surface area contributed by atoms with E-state index in [-0.39, 0.29) is 41.4 Å². The second-order valence-electron chi connectivity index (χ2n) is 21.2. The van der Waals surface area contributed by atoms with Gasteiger partial charge < -0.3 is 58.5 Å². The van der Waals surface area contributed by atoms with Crippen LogP contribution in [-0.2, 0) is 58.5 Å². The van der Waals surface area contributed by atoms with Crippen molar-refractivity contribution in [3.63, 3.8) is 0 Å². The highest BCUT2D eigenvalue weighted by molar-refractivity contribution is 7.02. The molecule has 8 fully saturated rings. The molecule has 0 unspecified atom stereocenters. The predicted molar refractivity (Wildman–Crippen MR) is 233 cm³/mol. The first-order valence-corrected chi connectivity index (χ1v) is 37.8. The average molecular weight is 958 g/mol. The van der Waals surface area contributed by atoms with Gasteiger partial charge in [-0.1, -0.05) is 96.9 Å². The largest absolute Gasteiger partial charge is 0.657 e. The molecule has 0 aromatic carbocycles. The predicted octanol–water partition coefficient (Wildman–Crippen LogP) is 8.83. The molecule has 1 saturated carbocycles. The molecule has 0 aromatic heterocycles. The Labute approximate surface area is 358 Å². The Morgan fingerprint density at radius 3 is 0.914 bits per heavy atom. The smallest absolute Gasteiger partial charge is 0.373 e. The van der Waals surface area contributed by atoms with Crippen molar-refractivity contribution in [3.8, 4) is 0 Å². The van der Waals surface area contributed by atoms with Crippen LogP contribution in [0, 0.1) is 47.3 Å². The van der Waals surface area contributed by atoms with Crippen LogP contribution in [0.4, 0.5) is 0 Å². The lowest BCUT2D eigenvalue weighted by Gasteiger charge is -2.63. The molecule has 58 heavy (non-hydrogen) atoms. The second-order valence-corrected chi connectivity index (χ2v) is 44.7. The van der Waals surface area contributed by atoms with Crippen LogP contribution in [0.25, 0.3) is 0 Å². The van der Waals surface area contributed by atoms with E-state index in [4.69, 9.17) is 58.5 Å². The molecule has 8 aliphatic rings.